The molecule has 0 atom stereocenters. The zero-order chi connectivity index (χ0) is 5.98. The van der Waals surface area contributed by atoms with E-state index < -0.39 is 0 Å². The fourth-order valence-corrected chi connectivity index (χ4v) is 0.587. The van der Waals surface area contributed by atoms with Crippen LogP contribution in [-0.4, -0.2) is 4.98 Å². The van der Waals surface area contributed by atoms with Gasteiger partial charge < -0.3 is 4.98 Å². The first-order valence-corrected chi connectivity index (χ1v) is 2.52. The first-order valence-electron chi connectivity index (χ1n) is 2.14. The number of hydrogen-bond acceptors (Lipinski definition) is 1. The van der Waals surface area contributed by atoms with E-state index >= 15 is 0 Å². The van der Waals surface area contributed by atoms with Crippen LogP contribution >= 0.6 is 11.6 Å². The molecule has 0 saturated heterocycles. The van der Waals surface area contributed by atoms with Crippen molar-refractivity contribution in [3.63, 3.8) is 0 Å². The van der Waals surface area contributed by atoms with Crippen molar-refractivity contribution in [1.82, 2.24) is 4.98 Å². The number of hydrogen-bond donors (Lipinski definition) is 1. The van der Waals surface area contributed by atoms with Crippen molar-refractivity contribution in [3.8, 4) is 0 Å². The van der Waals surface area contributed by atoms with Gasteiger partial charge in [-0.2, -0.15) is 0 Å². The summed E-state index contributed by atoms with van der Waals surface area (Å²) in [5, 5.41) is 0.373. The Labute approximate surface area is 100 Å². The van der Waals surface area contributed by atoms with Crippen LogP contribution in [0.3, 0.4) is 0 Å². The van der Waals surface area contributed by atoms with Crippen molar-refractivity contribution in [2.24, 2.45) is 0 Å². The largest absolute Gasteiger partial charge is 1.00 e. The van der Waals surface area contributed by atoms with Gasteiger partial charge in [-0.05, 0) is 6.07 Å². The Hall–Kier alpha value is 0.876. The molecule has 0 radical (unpaired) electrons. The molecule has 1 aromatic rings. The zero-order valence-corrected chi connectivity index (χ0v) is 8.90. The maximum Gasteiger partial charge on any atom is 1.00 e. The van der Waals surface area contributed by atoms with E-state index in [0.29, 0.717) is 5.15 Å². The summed E-state index contributed by atoms with van der Waals surface area (Å²) < 4.78 is 0. The Morgan fingerprint density at radius 1 is 1.44 bits per heavy atom. The number of rotatable bonds is 0. The van der Waals surface area contributed by atoms with Gasteiger partial charge in [-0.3, -0.25) is 4.79 Å². The minimum Gasteiger partial charge on any atom is -0.313 e. The van der Waals surface area contributed by atoms with Crippen LogP contribution in [0.2, 0.25) is 5.15 Å². The Kier molecular flexibility index (Phi) is 5.11. The second-order valence-corrected chi connectivity index (χ2v) is 1.77. The Bertz CT molecular complexity index is 234. The summed E-state index contributed by atoms with van der Waals surface area (Å²) in [6.07, 6.45) is 0. The van der Waals surface area contributed by atoms with Gasteiger partial charge in [-0.25, -0.2) is 0 Å². The fourth-order valence-electron chi connectivity index (χ4n) is 0.421. The van der Waals surface area contributed by atoms with Gasteiger partial charge in [-0.1, -0.05) is 17.7 Å². The van der Waals surface area contributed by atoms with E-state index in [1.54, 1.807) is 12.1 Å². The average Bonchev–Trinajstić information content (AvgIpc) is 1.64. The molecule has 1 rings (SSSR count). The quantitative estimate of drug-likeness (QED) is 0.354. The van der Waals surface area contributed by atoms with E-state index in [1.807, 2.05) is 0 Å². The summed E-state index contributed by atoms with van der Waals surface area (Å²) in [4.78, 5) is 12.7. The van der Waals surface area contributed by atoms with Crippen LogP contribution in [0.15, 0.2) is 23.0 Å². The predicted octanol–water partition coefficient (Wildman–Crippen LogP) is -1.97. The number of nitrogens with one attached hydrogen (secondary N) is 1. The summed E-state index contributed by atoms with van der Waals surface area (Å²) in [7, 11) is 0. The molecule has 9 heavy (non-hydrogen) atoms. The molecule has 0 amide bonds. The van der Waals surface area contributed by atoms with Crippen LogP contribution in [0.4, 0.5) is 0 Å². The van der Waals surface area contributed by atoms with Crippen molar-refractivity contribution >= 4 is 11.6 Å². The van der Waals surface area contributed by atoms with Crippen molar-refractivity contribution in [3.05, 3.63) is 33.7 Å². The molecule has 0 aliphatic heterocycles. The third kappa shape index (κ3) is 3.55. The molecule has 4 heteroatoms. The molecule has 1 N–H and O–H groups in total. The normalized spacial score (nSPS) is 8.11. The van der Waals surface area contributed by atoms with Crippen molar-refractivity contribution in [1.29, 1.82) is 0 Å². The van der Waals surface area contributed by atoms with Crippen LogP contribution in [0.1, 0.15) is 0 Å². The summed E-state index contributed by atoms with van der Waals surface area (Å²) in [6.45, 7) is 0. The first kappa shape index (κ1) is 9.88. The zero-order valence-electron chi connectivity index (χ0n) is 5.02. The van der Waals surface area contributed by atoms with E-state index in [2.05, 4.69) is 4.98 Å². The third-order valence-electron chi connectivity index (χ3n) is 0.733. The molecule has 0 unspecified atom stereocenters. The van der Waals surface area contributed by atoms with Crippen LogP contribution in [0.25, 0.3) is 0 Å². The molecule has 0 fully saturated rings. The molecule has 0 aromatic carbocycles. The average molecular weight is 169 g/mol. The first-order chi connectivity index (χ1) is 3.79. The monoisotopic (exact) mass is 168 g/mol. The van der Waals surface area contributed by atoms with Gasteiger partial charge >= 0.3 is 51.4 Å². The number of aromatic nitrogens is 1. The van der Waals surface area contributed by atoms with Gasteiger partial charge in [0.05, 0.1) is 0 Å². The maximum atomic E-state index is 10.4. The van der Waals surface area contributed by atoms with E-state index in [4.69, 9.17) is 11.6 Å². The number of pyridine rings is 1. The Morgan fingerprint density at radius 3 is 2.44 bits per heavy atom. The topological polar surface area (TPSA) is 32.9 Å². The molecule has 0 aliphatic rings. The summed E-state index contributed by atoms with van der Waals surface area (Å²) in [5.41, 5.74) is -0.169. The molecule has 42 valence electrons. The molecule has 1 heterocycles. The smallest absolute Gasteiger partial charge is 0.313 e. The van der Waals surface area contributed by atoms with Gasteiger partial charge in [0.25, 0.3) is 0 Å². The van der Waals surface area contributed by atoms with Gasteiger partial charge in [0.2, 0.25) is 5.56 Å². The molecular formula is C5H4ClKNO+. The van der Waals surface area contributed by atoms with Crippen molar-refractivity contribution < 1.29 is 51.4 Å². The van der Waals surface area contributed by atoms with Crippen molar-refractivity contribution in [2.45, 2.75) is 0 Å². The van der Waals surface area contributed by atoms with Gasteiger partial charge in [-0.15, -0.1) is 0 Å². The van der Waals surface area contributed by atoms with Gasteiger partial charge in [0, 0.05) is 6.07 Å². The summed E-state index contributed by atoms with van der Waals surface area (Å²) in [5.74, 6) is 0. The van der Waals surface area contributed by atoms with E-state index in [0.717, 1.165) is 0 Å². The van der Waals surface area contributed by atoms with Crippen LogP contribution < -0.4 is 56.9 Å². The number of halogens is 1. The summed E-state index contributed by atoms with van der Waals surface area (Å²) in [6, 6.07) is 4.62. The molecular weight excluding hydrogens is 165 g/mol. The molecule has 1 aromatic heterocycles. The Morgan fingerprint density at radius 2 is 2.11 bits per heavy atom. The molecule has 0 spiro atoms. The van der Waals surface area contributed by atoms with E-state index in [-0.39, 0.29) is 56.9 Å². The Balaban J connectivity index is 0.000000640. The standard InChI is InChI=1S/C5H4ClNO.K/c6-4-2-1-3-5(8)7-4;/h1-3H,(H,7,8);/q;+1. The second kappa shape index (κ2) is 4.65. The van der Waals surface area contributed by atoms with E-state index in [9.17, 15) is 4.79 Å². The van der Waals surface area contributed by atoms with Crippen LogP contribution in [0, 0.1) is 0 Å². The molecule has 0 aliphatic carbocycles. The SMILES string of the molecule is O=c1cccc(Cl)[nH]1.[K+]. The number of H-pyrrole nitrogens is 1. The molecule has 0 bridgehead atoms. The van der Waals surface area contributed by atoms with Crippen LogP contribution in [0.5, 0.6) is 0 Å². The minimum atomic E-state index is -0.169. The van der Waals surface area contributed by atoms with Gasteiger partial charge in [0.1, 0.15) is 5.15 Å². The fraction of sp³-hybridized carbons (Fsp3) is 0. The van der Waals surface area contributed by atoms with Crippen LogP contribution in [-0.2, 0) is 0 Å². The number of aromatic amines is 1. The van der Waals surface area contributed by atoms with E-state index in [1.165, 1.54) is 6.07 Å². The third-order valence-corrected chi connectivity index (χ3v) is 0.953. The van der Waals surface area contributed by atoms with Gasteiger partial charge in [0.15, 0.2) is 0 Å². The maximum absolute atomic E-state index is 10.4. The minimum absolute atomic E-state index is 0. The summed E-state index contributed by atoms with van der Waals surface area (Å²) >= 11 is 5.39. The second-order valence-electron chi connectivity index (χ2n) is 1.36. The molecule has 2 nitrogen and oxygen atoms in total. The predicted molar refractivity (Wildman–Crippen MR) is 32.1 cm³/mol. The molecule has 0 saturated carbocycles. The van der Waals surface area contributed by atoms with Crippen molar-refractivity contribution in [2.75, 3.05) is 0 Å².